The van der Waals surface area contributed by atoms with E-state index >= 15 is 0 Å². The summed E-state index contributed by atoms with van der Waals surface area (Å²) >= 11 is 0. The third kappa shape index (κ3) is 3.17. The maximum absolute atomic E-state index is 10.5. The average Bonchev–Trinajstić information content (AvgIpc) is 2.28. The number of ether oxygens (including phenoxy) is 1. The molecule has 2 rings (SSSR count). The fraction of sp³-hybridized carbons (Fsp3) is 0.615. The molecule has 0 amide bonds. The summed E-state index contributed by atoms with van der Waals surface area (Å²) in [7, 11) is 1.62. The Morgan fingerprint density at radius 2 is 2.12 bits per heavy atom. The number of nitrogens with one attached hydrogen (secondary N) is 1. The van der Waals surface area contributed by atoms with Crippen LogP contribution in [0.4, 0.5) is 0 Å². The molecule has 4 heteroatoms. The molecular weight excluding hydrogens is 216 g/mol. The smallest absolute Gasteiger partial charge is 0.213 e. The Kier molecular flexibility index (Phi) is 3.64. The van der Waals surface area contributed by atoms with Gasteiger partial charge in [0.25, 0.3) is 0 Å². The molecule has 1 aliphatic heterocycles. The van der Waals surface area contributed by atoms with Gasteiger partial charge in [-0.15, -0.1) is 0 Å². The lowest BCUT2D eigenvalue weighted by Crippen LogP contribution is -2.43. The molecule has 1 aliphatic rings. The van der Waals surface area contributed by atoms with Crippen molar-refractivity contribution >= 4 is 0 Å². The van der Waals surface area contributed by atoms with Crippen LogP contribution in [0.2, 0.25) is 0 Å². The van der Waals surface area contributed by atoms with E-state index in [1.165, 1.54) is 0 Å². The molecule has 1 fully saturated rings. The summed E-state index contributed by atoms with van der Waals surface area (Å²) in [5.74, 6) is 0.623. The van der Waals surface area contributed by atoms with Gasteiger partial charge >= 0.3 is 0 Å². The van der Waals surface area contributed by atoms with Crippen LogP contribution >= 0.6 is 0 Å². The molecule has 0 aromatic carbocycles. The van der Waals surface area contributed by atoms with E-state index in [1.54, 1.807) is 7.11 Å². The lowest BCUT2D eigenvalue weighted by molar-refractivity contribution is 0.0108. The molecule has 0 unspecified atom stereocenters. The minimum absolute atomic E-state index is 0.579. The normalized spacial score (nSPS) is 19.0. The fourth-order valence-corrected chi connectivity index (χ4v) is 2.36. The zero-order chi connectivity index (χ0) is 12.3. The quantitative estimate of drug-likeness (QED) is 0.824. The van der Waals surface area contributed by atoms with E-state index in [2.05, 4.69) is 10.3 Å². The van der Waals surface area contributed by atoms with Crippen molar-refractivity contribution in [3.63, 3.8) is 0 Å². The Morgan fingerprint density at radius 3 is 2.76 bits per heavy atom. The first-order valence-corrected chi connectivity index (χ1v) is 6.06. The highest BCUT2D eigenvalue weighted by atomic mass is 16.5. The first-order chi connectivity index (χ1) is 8.11. The number of aromatic nitrogens is 1. The van der Waals surface area contributed by atoms with Crippen molar-refractivity contribution in [2.24, 2.45) is 0 Å². The molecule has 0 radical (unpaired) electrons. The number of pyridine rings is 1. The number of nitrogens with zero attached hydrogens (tertiary/aromatic N) is 1. The molecule has 1 aromatic rings. The van der Waals surface area contributed by atoms with Crippen LogP contribution in [-0.4, -0.2) is 35.9 Å². The minimum atomic E-state index is -0.579. The fourth-order valence-electron chi connectivity index (χ4n) is 2.36. The van der Waals surface area contributed by atoms with Crippen molar-refractivity contribution in [1.29, 1.82) is 0 Å². The Labute approximate surface area is 102 Å². The first kappa shape index (κ1) is 12.3. The Hall–Kier alpha value is -1.13. The summed E-state index contributed by atoms with van der Waals surface area (Å²) < 4.78 is 5.15. The van der Waals surface area contributed by atoms with Gasteiger partial charge in [0, 0.05) is 18.2 Å². The second-order valence-electron chi connectivity index (χ2n) is 4.81. The molecule has 0 aliphatic carbocycles. The average molecular weight is 236 g/mol. The van der Waals surface area contributed by atoms with Crippen LogP contribution in [0, 0.1) is 6.92 Å². The van der Waals surface area contributed by atoms with Gasteiger partial charge < -0.3 is 15.2 Å². The van der Waals surface area contributed by atoms with Crippen molar-refractivity contribution in [1.82, 2.24) is 10.3 Å². The highest BCUT2D eigenvalue weighted by molar-refractivity contribution is 5.26. The van der Waals surface area contributed by atoms with Gasteiger partial charge in [0.15, 0.2) is 0 Å². The number of rotatable bonds is 3. The minimum Gasteiger partial charge on any atom is -0.481 e. The van der Waals surface area contributed by atoms with Crippen LogP contribution in [0.5, 0.6) is 5.88 Å². The Morgan fingerprint density at radius 1 is 1.41 bits per heavy atom. The zero-order valence-corrected chi connectivity index (χ0v) is 10.5. The van der Waals surface area contributed by atoms with Crippen molar-refractivity contribution in [3.8, 4) is 5.88 Å². The Balaban J connectivity index is 2.14. The van der Waals surface area contributed by atoms with Gasteiger partial charge in [-0.3, -0.25) is 0 Å². The van der Waals surface area contributed by atoms with E-state index in [-0.39, 0.29) is 0 Å². The number of piperidine rings is 1. The molecule has 0 spiro atoms. The highest BCUT2D eigenvalue weighted by Gasteiger charge is 2.29. The monoisotopic (exact) mass is 236 g/mol. The van der Waals surface area contributed by atoms with Gasteiger partial charge in [-0.05, 0) is 44.5 Å². The summed E-state index contributed by atoms with van der Waals surface area (Å²) in [6.45, 7) is 3.72. The molecular formula is C13H20N2O2. The van der Waals surface area contributed by atoms with Gasteiger partial charge in [-0.25, -0.2) is 4.98 Å². The summed E-state index contributed by atoms with van der Waals surface area (Å²) in [5, 5.41) is 13.7. The van der Waals surface area contributed by atoms with Crippen molar-refractivity contribution in [2.45, 2.75) is 31.8 Å². The van der Waals surface area contributed by atoms with Crippen molar-refractivity contribution < 1.29 is 9.84 Å². The van der Waals surface area contributed by atoms with Crippen LogP contribution in [0.3, 0.4) is 0 Å². The van der Waals surface area contributed by atoms with Gasteiger partial charge in [-0.2, -0.15) is 0 Å². The second kappa shape index (κ2) is 5.02. The number of aryl methyl sites for hydroxylation is 1. The van der Waals surface area contributed by atoms with Crippen molar-refractivity contribution in [2.75, 3.05) is 20.2 Å². The molecule has 17 heavy (non-hydrogen) atoms. The number of aliphatic hydroxyl groups is 1. The lowest BCUT2D eigenvalue weighted by Gasteiger charge is -2.32. The molecule has 2 heterocycles. The topological polar surface area (TPSA) is 54.4 Å². The van der Waals surface area contributed by atoms with Gasteiger partial charge in [0.1, 0.15) is 0 Å². The number of hydrogen-bond acceptors (Lipinski definition) is 4. The maximum atomic E-state index is 10.5. The third-order valence-corrected chi connectivity index (χ3v) is 3.27. The summed E-state index contributed by atoms with van der Waals surface area (Å²) in [4.78, 5) is 4.25. The molecule has 2 N–H and O–H groups in total. The standard InChI is InChI=1S/C13H20N2O2/c1-10-7-11(8-12(15-10)17-2)9-13(16)3-5-14-6-4-13/h7-8,14,16H,3-6,9H2,1-2H3. The molecule has 0 saturated carbocycles. The highest BCUT2D eigenvalue weighted by Crippen LogP contribution is 2.24. The van der Waals surface area contributed by atoms with E-state index in [9.17, 15) is 5.11 Å². The predicted molar refractivity (Wildman–Crippen MR) is 66.3 cm³/mol. The summed E-state index contributed by atoms with van der Waals surface area (Å²) in [6, 6.07) is 3.93. The molecule has 1 aromatic heterocycles. The van der Waals surface area contributed by atoms with Crippen molar-refractivity contribution in [3.05, 3.63) is 23.4 Å². The number of methoxy groups -OCH3 is 1. The lowest BCUT2D eigenvalue weighted by atomic mass is 9.86. The van der Waals surface area contributed by atoms with E-state index in [1.807, 2.05) is 19.1 Å². The van der Waals surface area contributed by atoms with E-state index < -0.39 is 5.60 Å². The van der Waals surface area contributed by atoms with Crippen LogP contribution in [0.25, 0.3) is 0 Å². The SMILES string of the molecule is COc1cc(CC2(O)CCNCC2)cc(C)n1. The molecule has 4 nitrogen and oxygen atoms in total. The van der Waals surface area contributed by atoms with E-state index in [4.69, 9.17) is 4.74 Å². The van der Waals surface area contributed by atoms with Crippen LogP contribution in [0.15, 0.2) is 12.1 Å². The van der Waals surface area contributed by atoms with E-state index in [0.717, 1.165) is 37.2 Å². The maximum Gasteiger partial charge on any atom is 0.213 e. The molecule has 0 atom stereocenters. The Bertz CT molecular complexity index is 387. The van der Waals surface area contributed by atoms with Gasteiger partial charge in [0.05, 0.1) is 12.7 Å². The van der Waals surface area contributed by atoms with Gasteiger partial charge in [-0.1, -0.05) is 0 Å². The van der Waals surface area contributed by atoms with Crippen LogP contribution < -0.4 is 10.1 Å². The second-order valence-corrected chi connectivity index (χ2v) is 4.81. The first-order valence-electron chi connectivity index (χ1n) is 6.06. The predicted octanol–water partition coefficient (Wildman–Crippen LogP) is 1.06. The molecule has 0 bridgehead atoms. The summed E-state index contributed by atoms with van der Waals surface area (Å²) in [6.07, 6.45) is 2.28. The summed E-state index contributed by atoms with van der Waals surface area (Å²) in [5.41, 5.74) is 1.44. The largest absolute Gasteiger partial charge is 0.481 e. The zero-order valence-electron chi connectivity index (χ0n) is 10.5. The van der Waals surface area contributed by atoms with Gasteiger partial charge in [0.2, 0.25) is 5.88 Å². The molecule has 94 valence electrons. The van der Waals surface area contributed by atoms with E-state index in [0.29, 0.717) is 12.3 Å². The third-order valence-electron chi connectivity index (χ3n) is 3.27. The van der Waals surface area contributed by atoms with Crippen LogP contribution in [-0.2, 0) is 6.42 Å². The number of hydrogen-bond donors (Lipinski definition) is 2. The molecule has 1 saturated heterocycles. The van der Waals surface area contributed by atoms with Crippen LogP contribution in [0.1, 0.15) is 24.1 Å².